The molecule has 0 aromatic carbocycles. The molecule has 0 spiro atoms. The van der Waals surface area contributed by atoms with Crippen LogP contribution in [0.3, 0.4) is 0 Å². The van der Waals surface area contributed by atoms with Gasteiger partial charge in [-0.25, -0.2) is 0 Å². The van der Waals surface area contributed by atoms with Crippen LogP contribution >= 0.6 is 0 Å². The van der Waals surface area contributed by atoms with E-state index in [1.165, 1.54) is 6.42 Å². The van der Waals surface area contributed by atoms with Gasteiger partial charge in [-0.3, -0.25) is 0 Å². The SMILES string of the molecule is CCNCC(C)C(C)C(C)CCOC. The van der Waals surface area contributed by atoms with Gasteiger partial charge in [-0.05, 0) is 37.3 Å². The van der Waals surface area contributed by atoms with Crippen molar-refractivity contribution in [1.29, 1.82) is 0 Å². The molecule has 0 aliphatic heterocycles. The molecule has 0 heterocycles. The molecule has 2 nitrogen and oxygen atoms in total. The molecule has 0 saturated carbocycles. The first-order valence-electron chi connectivity index (χ1n) is 5.83. The Morgan fingerprint density at radius 1 is 1.14 bits per heavy atom. The Labute approximate surface area is 89.4 Å². The van der Waals surface area contributed by atoms with Crippen LogP contribution in [0.5, 0.6) is 0 Å². The van der Waals surface area contributed by atoms with Crippen LogP contribution in [0.25, 0.3) is 0 Å². The summed E-state index contributed by atoms with van der Waals surface area (Å²) >= 11 is 0. The Kier molecular flexibility index (Phi) is 8.20. The summed E-state index contributed by atoms with van der Waals surface area (Å²) in [6.45, 7) is 12.3. The smallest absolute Gasteiger partial charge is 0.0464 e. The molecule has 14 heavy (non-hydrogen) atoms. The molecule has 0 amide bonds. The molecule has 0 aliphatic rings. The van der Waals surface area contributed by atoms with Gasteiger partial charge in [0.15, 0.2) is 0 Å². The van der Waals surface area contributed by atoms with Gasteiger partial charge >= 0.3 is 0 Å². The van der Waals surface area contributed by atoms with Gasteiger partial charge in [-0.1, -0.05) is 27.7 Å². The fraction of sp³-hybridized carbons (Fsp3) is 1.00. The third kappa shape index (κ3) is 5.61. The van der Waals surface area contributed by atoms with Crippen LogP contribution in [-0.4, -0.2) is 26.8 Å². The summed E-state index contributed by atoms with van der Waals surface area (Å²) in [5.41, 5.74) is 0. The lowest BCUT2D eigenvalue weighted by Crippen LogP contribution is -2.28. The second kappa shape index (κ2) is 8.25. The van der Waals surface area contributed by atoms with Crippen molar-refractivity contribution in [2.45, 2.75) is 34.1 Å². The molecular weight excluding hydrogens is 174 g/mol. The Morgan fingerprint density at radius 2 is 1.79 bits per heavy atom. The Balaban J connectivity index is 3.72. The lowest BCUT2D eigenvalue weighted by Gasteiger charge is -2.26. The molecule has 0 rings (SSSR count). The summed E-state index contributed by atoms with van der Waals surface area (Å²) in [6, 6.07) is 0. The molecule has 0 aliphatic carbocycles. The molecule has 0 aromatic rings. The highest BCUT2D eigenvalue weighted by Crippen LogP contribution is 2.22. The fourth-order valence-corrected chi connectivity index (χ4v) is 1.69. The Morgan fingerprint density at radius 3 is 2.29 bits per heavy atom. The third-order valence-corrected chi connectivity index (χ3v) is 3.29. The van der Waals surface area contributed by atoms with E-state index in [0.29, 0.717) is 0 Å². The molecule has 2 heteroatoms. The maximum atomic E-state index is 5.11. The van der Waals surface area contributed by atoms with E-state index in [-0.39, 0.29) is 0 Å². The van der Waals surface area contributed by atoms with E-state index in [1.807, 2.05) is 0 Å². The molecule has 0 radical (unpaired) electrons. The third-order valence-electron chi connectivity index (χ3n) is 3.29. The number of methoxy groups -OCH3 is 1. The quantitative estimate of drug-likeness (QED) is 0.651. The van der Waals surface area contributed by atoms with Gasteiger partial charge in [-0.2, -0.15) is 0 Å². The van der Waals surface area contributed by atoms with Crippen LogP contribution in [0.1, 0.15) is 34.1 Å². The highest BCUT2D eigenvalue weighted by atomic mass is 16.5. The molecule has 0 aromatic heterocycles. The van der Waals surface area contributed by atoms with Crippen molar-refractivity contribution in [3.63, 3.8) is 0 Å². The van der Waals surface area contributed by atoms with Crippen molar-refractivity contribution in [3.05, 3.63) is 0 Å². The van der Waals surface area contributed by atoms with Crippen molar-refractivity contribution in [2.24, 2.45) is 17.8 Å². The minimum absolute atomic E-state index is 0.752. The number of hydrogen-bond donors (Lipinski definition) is 1. The van der Waals surface area contributed by atoms with Gasteiger partial charge in [0.25, 0.3) is 0 Å². The summed E-state index contributed by atoms with van der Waals surface area (Å²) in [5, 5.41) is 3.41. The van der Waals surface area contributed by atoms with Gasteiger partial charge in [0.2, 0.25) is 0 Å². The van der Waals surface area contributed by atoms with Gasteiger partial charge in [0, 0.05) is 13.7 Å². The molecule has 3 atom stereocenters. The van der Waals surface area contributed by atoms with Gasteiger partial charge in [0.05, 0.1) is 0 Å². The monoisotopic (exact) mass is 201 g/mol. The maximum Gasteiger partial charge on any atom is 0.0464 e. The lowest BCUT2D eigenvalue weighted by atomic mass is 9.83. The first-order chi connectivity index (χ1) is 6.63. The first kappa shape index (κ1) is 13.9. The average Bonchev–Trinajstić information content (AvgIpc) is 2.21. The second-order valence-electron chi connectivity index (χ2n) is 4.40. The highest BCUT2D eigenvalue weighted by Gasteiger charge is 2.18. The summed E-state index contributed by atoms with van der Waals surface area (Å²) in [5.74, 6) is 2.27. The molecule has 0 bridgehead atoms. The zero-order valence-electron chi connectivity index (χ0n) is 10.5. The minimum atomic E-state index is 0.752. The van der Waals surface area contributed by atoms with E-state index in [9.17, 15) is 0 Å². The predicted octanol–water partition coefficient (Wildman–Crippen LogP) is 2.54. The van der Waals surface area contributed by atoms with E-state index in [1.54, 1.807) is 7.11 Å². The number of rotatable bonds is 8. The molecule has 0 fully saturated rings. The van der Waals surface area contributed by atoms with Crippen LogP contribution in [0, 0.1) is 17.8 Å². The predicted molar refractivity (Wildman–Crippen MR) is 62.5 cm³/mol. The Hall–Kier alpha value is -0.0800. The van der Waals surface area contributed by atoms with Gasteiger partial charge in [0.1, 0.15) is 0 Å². The molecule has 3 unspecified atom stereocenters. The topological polar surface area (TPSA) is 21.3 Å². The first-order valence-corrected chi connectivity index (χ1v) is 5.83. The van der Waals surface area contributed by atoms with Crippen molar-refractivity contribution < 1.29 is 4.74 Å². The van der Waals surface area contributed by atoms with E-state index < -0.39 is 0 Å². The summed E-state index contributed by atoms with van der Waals surface area (Å²) in [7, 11) is 1.78. The Bertz CT molecular complexity index is 113. The van der Waals surface area contributed by atoms with Crippen molar-refractivity contribution in [3.8, 4) is 0 Å². The van der Waals surface area contributed by atoms with Gasteiger partial charge in [-0.15, -0.1) is 0 Å². The lowest BCUT2D eigenvalue weighted by molar-refractivity contribution is 0.154. The van der Waals surface area contributed by atoms with Crippen molar-refractivity contribution in [1.82, 2.24) is 5.32 Å². The standard InChI is InChI=1S/C12H27NO/c1-6-13-9-11(3)12(4)10(2)7-8-14-5/h10-13H,6-9H2,1-5H3. The van der Waals surface area contributed by atoms with Crippen LogP contribution in [0.4, 0.5) is 0 Å². The number of hydrogen-bond acceptors (Lipinski definition) is 2. The normalized spacial score (nSPS) is 17.8. The van der Waals surface area contributed by atoms with E-state index >= 15 is 0 Å². The number of ether oxygens (including phenoxy) is 1. The molecule has 1 N–H and O–H groups in total. The van der Waals surface area contributed by atoms with E-state index in [2.05, 4.69) is 33.0 Å². The van der Waals surface area contributed by atoms with Crippen LogP contribution < -0.4 is 5.32 Å². The largest absolute Gasteiger partial charge is 0.385 e. The zero-order valence-corrected chi connectivity index (χ0v) is 10.5. The van der Waals surface area contributed by atoms with E-state index in [0.717, 1.165) is 37.5 Å². The number of nitrogens with one attached hydrogen (secondary N) is 1. The van der Waals surface area contributed by atoms with Crippen LogP contribution in [0.2, 0.25) is 0 Å². The fourth-order valence-electron chi connectivity index (χ4n) is 1.69. The zero-order chi connectivity index (χ0) is 11.0. The molecule has 0 saturated heterocycles. The van der Waals surface area contributed by atoms with Crippen molar-refractivity contribution in [2.75, 3.05) is 26.8 Å². The second-order valence-corrected chi connectivity index (χ2v) is 4.40. The van der Waals surface area contributed by atoms with Crippen LogP contribution in [0.15, 0.2) is 0 Å². The maximum absolute atomic E-state index is 5.11. The molecular formula is C12H27NO. The summed E-state index contributed by atoms with van der Waals surface area (Å²) < 4.78 is 5.11. The van der Waals surface area contributed by atoms with Gasteiger partial charge < -0.3 is 10.1 Å². The summed E-state index contributed by atoms with van der Waals surface area (Å²) in [6.07, 6.45) is 1.17. The highest BCUT2D eigenvalue weighted by molar-refractivity contribution is 4.69. The minimum Gasteiger partial charge on any atom is -0.385 e. The summed E-state index contributed by atoms with van der Waals surface area (Å²) in [4.78, 5) is 0. The average molecular weight is 201 g/mol. The van der Waals surface area contributed by atoms with Crippen molar-refractivity contribution >= 4 is 0 Å². The molecule has 86 valence electrons. The van der Waals surface area contributed by atoms with Crippen LogP contribution in [-0.2, 0) is 4.74 Å². The van der Waals surface area contributed by atoms with E-state index in [4.69, 9.17) is 4.74 Å².